The van der Waals surface area contributed by atoms with Crippen molar-refractivity contribution in [1.82, 2.24) is 4.98 Å². The predicted octanol–water partition coefficient (Wildman–Crippen LogP) is 3.58. The predicted molar refractivity (Wildman–Crippen MR) is 73.0 cm³/mol. The first-order chi connectivity index (χ1) is 9.56. The van der Waals surface area contributed by atoms with Crippen molar-refractivity contribution in [2.75, 3.05) is 0 Å². The Hall–Kier alpha value is -1.72. The van der Waals surface area contributed by atoms with E-state index in [1.54, 1.807) is 30.6 Å². The summed E-state index contributed by atoms with van der Waals surface area (Å²) in [4.78, 5) is 3.90. The molecular formula is C14H13ClF2N2O. The Balaban J connectivity index is 2.06. The third-order valence-electron chi connectivity index (χ3n) is 2.83. The first-order valence-corrected chi connectivity index (χ1v) is 6.33. The van der Waals surface area contributed by atoms with Crippen LogP contribution >= 0.6 is 11.6 Å². The highest BCUT2D eigenvalue weighted by molar-refractivity contribution is 6.31. The van der Waals surface area contributed by atoms with E-state index in [1.165, 1.54) is 12.1 Å². The van der Waals surface area contributed by atoms with Gasteiger partial charge in [-0.3, -0.25) is 4.98 Å². The largest absolute Gasteiger partial charge is 0.435 e. The fourth-order valence-electron chi connectivity index (χ4n) is 1.82. The van der Waals surface area contributed by atoms with Gasteiger partial charge in [-0.25, -0.2) is 0 Å². The molecule has 20 heavy (non-hydrogen) atoms. The highest BCUT2D eigenvalue weighted by Crippen LogP contribution is 2.23. The van der Waals surface area contributed by atoms with Crippen LogP contribution in [-0.4, -0.2) is 11.6 Å². The van der Waals surface area contributed by atoms with Gasteiger partial charge in [-0.1, -0.05) is 23.7 Å². The van der Waals surface area contributed by atoms with Gasteiger partial charge in [0.15, 0.2) is 0 Å². The molecular weight excluding hydrogens is 286 g/mol. The fourth-order valence-corrected chi connectivity index (χ4v) is 2.02. The van der Waals surface area contributed by atoms with Crippen LogP contribution < -0.4 is 10.5 Å². The van der Waals surface area contributed by atoms with E-state index in [0.717, 1.165) is 11.1 Å². The highest BCUT2D eigenvalue weighted by atomic mass is 35.5. The second kappa shape index (κ2) is 6.63. The molecule has 0 aliphatic carbocycles. The summed E-state index contributed by atoms with van der Waals surface area (Å²) < 4.78 is 28.4. The molecule has 2 rings (SSSR count). The van der Waals surface area contributed by atoms with Crippen molar-refractivity contribution in [3.63, 3.8) is 0 Å². The number of nitrogens with zero attached hydrogens (tertiary/aromatic N) is 1. The lowest BCUT2D eigenvalue weighted by atomic mass is 10.0. The molecule has 0 spiro atoms. The van der Waals surface area contributed by atoms with Crippen molar-refractivity contribution in [2.45, 2.75) is 19.1 Å². The number of halogens is 3. The van der Waals surface area contributed by atoms with E-state index < -0.39 is 6.61 Å². The molecule has 0 bridgehead atoms. The minimum absolute atomic E-state index is 0.109. The zero-order valence-electron chi connectivity index (χ0n) is 10.5. The topological polar surface area (TPSA) is 48.1 Å². The number of hydrogen-bond acceptors (Lipinski definition) is 3. The molecule has 6 heteroatoms. The summed E-state index contributed by atoms with van der Waals surface area (Å²) in [5.41, 5.74) is 7.79. The summed E-state index contributed by atoms with van der Waals surface area (Å²) in [6, 6.07) is 7.78. The van der Waals surface area contributed by atoms with E-state index in [2.05, 4.69) is 9.72 Å². The monoisotopic (exact) mass is 298 g/mol. The van der Waals surface area contributed by atoms with E-state index in [4.69, 9.17) is 17.3 Å². The van der Waals surface area contributed by atoms with Crippen molar-refractivity contribution < 1.29 is 13.5 Å². The van der Waals surface area contributed by atoms with Crippen molar-refractivity contribution >= 4 is 11.6 Å². The maximum atomic E-state index is 12.0. The van der Waals surface area contributed by atoms with Gasteiger partial charge in [0.05, 0.1) is 5.02 Å². The lowest BCUT2D eigenvalue weighted by molar-refractivity contribution is -0.0498. The number of rotatable bonds is 5. The van der Waals surface area contributed by atoms with E-state index in [0.29, 0.717) is 11.4 Å². The Kier molecular flexibility index (Phi) is 4.87. The minimum atomic E-state index is -2.83. The number of hydrogen-bond donors (Lipinski definition) is 1. The van der Waals surface area contributed by atoms with Crippen LogP contribution in [0.5, 0.6) is 5.75 Å². The molecule has 0 fully saturated rings. The fraction of sp³-hybridized carbons (Fsp3) is 0.214. The standard InChI is InChI=1S/C14H13ClF2N2O/c15-12-8-19-6-5-10(12)7-13(18)9-1-3-11(4-2-9)20-14(16)17/h1-6,8,13-14H,7,18H2. The smallest absolute Gasteiger partial charge is 0.387 e. The van der Waals surface area contributed by atoms with E-state index >= 15 is 0 Å². The van der Waals surface area contributed by atoms with Gasteiger partial charge < -0.3 is 10.5 Å². The summed E-state index contributed by atoms with van der Waals surface area (Å²) in [6.07, 6.45) is 3.74. The lowest BCUT2D eigenvalue weighted by Gasteiger charge is -2.13. The Morgan fingerprint density at radius 2 is 1.90 bits per heavy atom. The maximum Gasteiger partial charge on any atom is 0.387 e. The average Bonchev–Trinajstić information content (AvgIpc) is 2.41. The molecule has 2 N–H and O–H groups in total. The number of benzene rings is 1. The van der Waals surface area contributed by atoms with Crippen LogP contribution in [0.25, 0.3) is 0 Å². The number of alkyl halides is 2. The van der Waals surface area contributed by atoms with Gasteiger partial charge in [0.25, 0.3) is 0 Å². The van der Waals surface area contributed by atoms with Crippen LogP contribution in [0, 0.1) is 0 Å². The summed E-state index contributed by atoms with van der Waals surface area (Å²) in [7, 11) is 0. The van der Waals surface area contributed by atoms with E-state index in [9.17, 15) is 8.78 Å². The third kappa shape index (κ3) is 3.88. The summed E-state index contributed by atoms with van der Waals surface area (Å²) in [5, 5.41) is 0.556. The molecule has 0 aliphatic rings. The first-order valence-electron chi connectivity index (χ1n) is 5.95. The van der Waals surface area contributed by atoms with E-state index in [-0.39, 0.29) is 11.8 Å². The molecule has 1 aromatic heterocycles. The van der Waals surface area contributed by atoms with E-state index in [1.807, 2.05) is 0 Å². The quantitative estimate of drug-likeness (QED) is 0.918. The van der Waals surface area contributed by atoms with Gasteiger partial charge in [-0.15, -0.1) is 0 Å². The number of ether oxygens (including phenoxy) is 1. The van der Waals surface area contributed by atoms with Crippen LogP contribution in [0.3, 0.4) is 0 Å². The highest BCUT2D eigenvalue weighted by Gasteiger charge is 2.10. The molecule has 1 aromatic carbocycles. The van der Waals surface area contributed by atoms with Gasteiger partial charge in [0.2, 0.25) is 0 Å². The normalized spacial score (nSPS) is 12.4. The third-order valence-corrected chi connectivity index (χ3v) is 3.17. The van der Waals surface area contributed by atoms with Gasteiger partial charge >= 0.3 is 6.61 Å². The number of pyridine rings is 1. The lowest BCUT2D eigenvalue weighted by Crippen LogP contribution is -2.13. The van der Waals surface area contributed by atoms with Crippen molar-refractivity contribution in [3.8, 4) is 5.75 Å². The molecule has 0 aliphatic heterocycles. The molecule has 0 saturated heterocycles. The van der Waals surface area contributed by atoms with Crippen LogP contribution in [-0.2, 0) is 6.42 Å². The van der Waals surface area contributed by atoms with Gasteiger partial charge in [0, 0.05) is 18.4 Å². The van der Waals surface area contributed by atoms with Crippen LogP contribution in [0.2, 0.25) is 5.02 Å². The van der Waals surface area contributed by atoms with Crippen molar-refractivity contribution in [2.24, 2.45) is 5.73 Å². The number of nitrogens with two attached hydrogens (primary N) is 1. The Labute approximate surface area is 120 Å². The van der Waals surface area contributed by atoms with Gasteiger partial charge in [-0.2, -0.15) is 8.78 Å². The van der Waals surface area contributed by atoms with Gasteiger partial charge in [0.1, 0.15) is 5.75 Å². The molecule has 3 nitrogen and oxygen atoms in total. The molecule has 2 aromatic rings. The second-order valence-corrected chi connectivity index (χ2v) is 4.63. The zero-order chi connectivity index (χ0) is 14.5. The van der Waals surface area contributed by atoms with Crippen molar-refractivity contribution in [3.05, 3.63) is 58.9 Å². The zero-order valence-corrected chi connectivity index (χ0v) is 11.2. The molecule has 1 heterocycles. The Morgan fingerprint density at radius 1 is 1.20 bits per heavy atom. The summed E-state index contributed by atoms with van der Waals surface area (Å²) in [6.45, 7) is -2.83. The van der Waals surface area contributed by atoms with Crippen LogP contribution in [0.1, 0.15) is 17.2 Å². The average molecular weight is 299 g/mol. The SMILES string of the molecule is NC(Cc1ccncc1Cl)c1ccc(OC(F)F)cc1. The molecule has 0 radical (unpaired) electrons. The molecule has 1 atom stereocenters. The molecule has 0 saturated carbocycles. The minimum Gasteiger partial charge on any atom is -0.435 e. The van der Waals surface area contributed by atoms with Crippen LogP contribution in [0.4, 0.5) is 8.78 Å². The number of aromatic nitrogens is 1. The van der Waals surface area contributed by atoms with Crippen molar-refractivity contribution in [1.29, 1.82) is 0 Å². The first kappa shape index (κ1) is 14.7. The molecule has 1 unspecified atom stereocenters. The van der Waals surface area contributed by atoms with Crippen LogP contribution in [0.15, 0.2) is 42.7 Å². The summed E-state index contributed by atoms with van der Waals surface area (Å²) >= 11 is 6.02. The summed E-state index contributed by atoms with van der Waals surface area (Å²) in [5.74, 6) is 0.109. The molecule has 106 valence electrons. The maximum absolute atomic E-state index is 12.0. The molecule has 0 amide bonds. The Bertz CT molecular complexity index is 563. The second-order valence-electron chi connectivity index (χ2n) is 4.23. The van der Waals surface area contributed by atoms with Gasteiger partial charge in [-0.05, 0) is 35.7 Å². The Morgan fingerprint density at radius 3 is 2.50 bits per heavy atom.